The lowest BCUT2D eigenvalue weighted by molar-refractivity contribution is 0.264. The number of nitrogens with one attached hydrogen (secondary N) is 1. The fourth-order valence-corrected chi connectivity index (χ4v) is 5.36. The van der Waals surface area contributed by atoms with Gasteiger partial charge in [-0.15, -0.1) is 10.2 Å². The average Bonchev–Trinajstić information content (AvgIpc) is 3.39. The molecule has 1 fully saturated rings. The van der Waals surface area contributed by atoms with Crippen LogP contribution in [0.1, 0.15) is 29.8 Å². The third-order valence-electron chi connectivity index (χ3n) is 7.28. The number of fused-ring (bicyclic) bond motifs is 2. The van der Waals surface area contributed by atoms with Crippen molar-refractivity contribution in [2.24, 2.45) is 7.05 Å². The number of likely N-dealkylation sites (tertiary alicyclic amines) is 1. The van der Waals surface area contributed by atoms with Crippen molar-refractivity contribution in [3.63, 3.8) is 0 Å². The van der Waals surface area contributed by atoms with Crippen LogP contribution in [0.25, 0.3) is 27.9 Å². The Labute approximate surface area is 205 Å². The van der Waals surface area contributed by atoms with Crippen molar-refractivity contribution in [2.45, 2.75) is 32.2 Å². The Kier molecular flexibility index (Phi) is 5.49. The second kappa shape index (κ2) is 8.82. The lowest BCUT2D eigenvalue weighted by atomic mass is 10.00. The van der Waals surface area contributed by atoms with E-state index in [1.807, 2.05) is 11.4 Å². The number of anilines is 1. The van der Waals surface area contributed by atoms with Crippen molar-refractivity contribution in [3.8, 4) is 11.4 Å². The highest BCUT2D eigenvalue weighted by Gasteiger charge is 2.23. The molecule has 0 aliphatic carbocycles. The molecular formula is C28H31N7. The van der Waals surface area contributed by atoms with Crippen molar-refractivity contribution in [2.75, 3.05) is 25.5 Å². The van der Waals surface area contributed by atoms with Crippen LogP contribution < -0.4 is 5.32 Å². The van der Waals surface area contributed by atoms with Gasteiger partial charge in [-0.1, -0.05) is 48.5 Å². The maximum absolute atomic E-state index is 5.05. The highest BCUT2D eigenvalue weighted by atomic mass is 15.4. The molecule has 7 nitrogen and oxygen atoms in total. The SMILES string of the molecule is Cc1nnc2c(NC3CCN(C)CC3)cc(-c3c(Cc4ccccc4)c4ccccc4n3C)nn12. The van der Waals surface area contributed by atoms with Crippen LogP contribution in [0.5, 0.6) is 0 Å². The van der Waals surface area contributed by atoms with Crippen molar-refractivity contribution in [1.29, 1.82) is 0 Å². The summed E-state index contributed by atoms with van der Waals surface area (Å²) in [6, 6.07) is 21.9. The van der Waals surface area contributed by atoms with E-state index in [0.29, 0.717) is 6.04 Å². The van der Waals surface area contributed by atoms with E-state index in [2.05, 4.69) is 99.7 Å². The van der Waals surface area contributed by atoms with Crippen LogP contribution in [-0.4, -0.2) is 55.5 Å². The van der Waals surface area contributed by atoms with Gasteiger partial charge in [-0.25, -0.2) is 0 Å². The summed E-state index contributed by atoms with van der Waals surface area (Å²) in [5, 5.41) is 18.9. The van der Waals surface area contributed by atoms with Crippen molar-refractivity contribution < 1.29 is 0 Å². The number of aromatic nitrogens is 5. The van der Waals surface area contributed by atoms with Crippen LogP contribution >= 0.6 is 0 Å². The topological polar surface area (TPSA) is 63.3 Å². The Morgan fingerprint density at radius 1 is 0.943 bits per heavy atom. The Morgan fingerprint density at radius 3 is 2.49 bits per heavy atom. The summed E-state index contributed by atoms with van der Waals surface area (Å²) >= 11 is 0. The lowest BCUT2D eigenvalue weighted by Gasteiger charge is -2.30. The minimum atomic E-state index is 0.415. The van der Waals surface area contributed by atoms with Gasteiger partial charge < -0.3 is 14.8 Å². The lowest BCUT2D eigenvalue weighted by Crippen LogP contribution is -2.36. The normalized spacial score (nSPS) is 15.3. The zero-order chi connectivity index (χ0) is 23.9. The predicted octanol–water partition coefficient (Wildman–Crippen LogP) is 4.69. The molecule has 1 aliphatic rings. The first-order valence-corrected chi connectivity index (χ1v) is 12.4. The van der Waals surface area contributed by atoms with Crippen LogP contribution in [0, 0.1) is 6.92 Å². The molecular weight excluding hydrogens is 434 g/mol. The molecule has 0 saturated carbocycles. The van der Waals surface area contributed by atoms with Gasteiger partial charge in [-0.05, 0) is 63.2 Å². The van der Waals surface area contributed by atoms with Gasteiger partial charge in [-0.3, -0.25) is 0 Å². The Hall–Kier alpha value is -3.71. The largest absolute Gasteiger partial charge is 0.379 e. The van der Waals surface area contributed by atoms with E-state index in [0.717, 1.165) is 60.9 Å². The number of hydrogen-bond acceptors (Lipinski definition) is 5. The van der Waals surface area contributed by atoms with Gasteiger partial charge >= 0.3 is 0 Å². The molecule has 1 aliphatic heterocycles. The molecule has 6 rings (SSSR count). The van der Waals surface area contributed by atoms with Crippen molar-refractivity contribution >= 4 is 22.2 Å². The Bertz CT molecular complexity index is 1490. The fraction of sp³-hybridized carbons (Fsp3) is 0.321. The standard InChI is InChI=1S/C28H31N7/c1-19-30-31-28-25(29-21-13-15-33(2)16-14-21)18-24(32-35(19)28)27-23(17-20-9-5-4-6-10-20)22-11-7-8-12-26(22)34(27)3/h4-12,18,21,29H,13-17H2,1-3H3. The van der Waals surface area contributed by atoms with E-state index in [1.165, 1.54) is 22.0 Å². The van der Waals surface area contributed by atoms with Gasteiger partial charge in [0.1, 0.15) is 5.69 Å². The van der Waals surface area contributed by atoms with Gasteiger partial charge in [-0.2, -0.15) is 9.61 Å². The smallest absolute Gasteiger partial charge is 0.200 e. The quantitative estimate of drug-likeness (QED) is 0.408. The first-order chi connectivity index (χ1) is 17.1. The summed E-state index contributed by atoms with van der Waals surface area (Å²) in [5.41, 5.74) is 7.64. The zero-order valence-electron chi connectivity index (χ0n) is 20.6. The number of hydrogen-bond donors (Lipinski definition) is 1. The molecule has 0 radical (unpaired) electrons. The first-order valence-electron chi connectivity index (χ1n) is 12.4. The van der Waals surface area contributed by atoms with Gasteiger partial charge in [0.15, 0.2) is 5.82 Å². The Balaban J connectivity index is 1.52. The molecule has 1 saturated heterocycles. The minimum Gasteiger partial charge on any atom is -0.379 e. The second-order valence-corrected chi connectivity index (χ2v) is 9.71. The zero-order valence-corrected chi connectivity index (χ0v) is 20.6. The number of aryl methyl sites for hydroxylation is 2. The van der Waals surface area contributed by atoms with Crippen LogP contribution in [0.2, 0.25) is 0 Å². The van der Waals surface area contributed by atoms with Gasteiger partial charge in [0.05, 0.1) is 11.4 Å². The number of para-hydroxylation sites is 1. The van der Waals surface area contributed by atoms with Gasteiger partial charge in [0.25, 0.3) is 0 Å². The molecule has 5 aromatic rings. The predicted molar refractivity (Wildman–Crippen MR) is 141 cm³/mol. The summed E-state index contributed by atoms with van der Waals surface area (Å²) in [5.74, 6) is 0.789. The van der Waals surface area contributed by atoms with Crippen LogP contribution in [-0.2, 0) is 13.5 Å². The van der Waals surface area contributed by atoms with E-state index >= 15 is 0 Å². The van der Waals surface area contributed by atoms with E-state index in [9.17, 15) is 0 Å². The molecule has 0 unspecified atom stereocenters. The fourth-order valence-electron chi connectivity index (χ4n) is 5.36. The molecule has 0 bridgehead atoms. The molecule has 178 valence electrons. The summed E-state index contributed by atoms with van der Waals surface area (Å²) in [7, 11) is 4.33. The number of piperidine rings is 1. The third-order valence-corrected chi connectivity index (χ3v) is 7.28. The van der Waals surface area contributed by atoms with E-state index in [-0.39, 0.29) is 0 Å². The van der Waals surface area contributed by atoms with E-state index in [4.69, 9.17) is 5.10 Å². The molecule has 1 N–H and O–H groups in total. The minimum absolute atomic E-state index is 0.415. The maximum Gasteiger partial charge on any atom is 0.200 e. The van der Waals surface area contributed by atoms with Crippen molar-refractivity contribution in [1.82, 2.24) is 29.3 Å². The molecule has 35 heavy (non-hydrogen) atoms. The summed E-state index contributed by atoms with van der Waals surface area (Å²) in [6.07, 6.45) is 3.07. The van der Waals surface area contributed by atoms with E-state index < -0.39 is 0 Å². The van der Waals surface area contributed by atoms with Crippen LogP contribution in [0.3, 0.4) is 0 Å². The van der Waals surface area contributed by atoms with Gasteiger partial charge in [0, 0.05) is 30.4 Å². The summed E-state index contributed by atoms with van der Waals surface area (Å²) in [4.78, 5) is 2.39. The molecule has 0 spiro atoms. The molecule has 7 heteroatoms. The summed E-state index contributed by atoms with van der Waals surface area (Å²) < 4.78 is 4.16. The molecule has 2 aromatic carbocycles. The Morgan fingerprint density at radius 2 is 1.69 bits per heavy atom. The number of rotatable bonds is 5. The van der Waals surface area contributed by atoms with Gasteiger partial charge in [0.2, 0.25) is 5.65 Å². The van der Waals surface area contributed by atoms with E-state index in [1.54, 1.807) is 0 Å². The second-order valence-electron chi connectivity index (χ2n) is 9.71. The van der Waals surface area contributed by atoms with Crippen LogP contribution in [0.15, 0.2) is 60.7 Å². The molecule has 0 amide bonds. The number of benzene rings is 2. The average molecular weight is 466 g/mol. The highest BCUT2D eigenvalue weighted by Crippen LogP contribution is 2.35. The highest BCUT2D eigenvalue weighted by molar-refractivity contribution is 5.92. The maximum atomic E-state index is 5.05. The van der Waals surface area contributed by atoms with Crippen LogP contribution in [0.4, 0.5) is 5.69 Å². The monoisotopic (exact) mass is 465 g/mol. The molecule has 4 heterocycles. The number of nitrogens with zero attached hydrogens (tertiary/aromatic N) is 6. The first kappa shape index (κ1) is 21.8. The molecule has 0 atom stereocenters. The molecule has 3 aromatic heterocycles. The summed E-state index contributed by atoms with van der Waals surface area (Å²) in [6.45, 7) is 4.16. The van der Waals surface area contributed by atoms with Crippen molar-refractivity contribution in [3.05, 3.63) is 77.6 Å². The third kappa shape index (κ3) is 3.96.